The van der Waals surface area contributed by atoms with Gasteiger partial charge in [0.1, 0.15) is 10.7 Å². The maximum Gasteiger partial charge on any atom is 0.246 e. The van der Waals surface area contributed by atoms with Gasteiger partial charge in [0.05, 0.1) is 0 Å². The zero-order chi connectivity index (χ0) is 13.3. The van der Waals surface area contributed by atoms with Crippen LogP contribution in [0.4, 0.5) is 4.39 Å². The lowest BCUT2D eigenvalue weighted by atomic mass is 10.2. The number of hydrogen-bond donors (Lipinski definition) is 1. The number of rotatable bonds is 2. The molecule has 1 aromatic rings. The van der Waals surface area contributed by atoms with E-state index in [9.17, 15) is 12.8 Å². The van der Waals surface area contributed by atoms with E-state index in [0.29, 0.717) is 25.2 Å². The Kier molecular flexibility index (Phi) is 5.32. The van der Waals surface area contributed by atoms with E-state index in [0.717, 1.165) is 0 Å². The molecular formula is C12H18ClFN2O2S. The van der Waals surface area contributed by atoms with E-state index < -0.39 is 15.8 Å². The van der Waals surface area contributed by atoms with Crippen LogP contribution in [-0.2, 0) is 10.0 Å². The summed E-state index contributed by atoms with van der Waals surface area (Å²) in [6.45, 7) is 4.99. The van der Waals surface area contributed by atoms with E-state index in [2.05, 4.69) is 5.32 Å². The van der Waals surface area contributed by atoms with Crippen molar-refractivity contribution in [1.82, 2.24) is 9.62 Å². The molecule has 108 valence electrons. The van der Waals surface area contributed by atoms with Gasteiger partial charge in [-0.1, -0.05) is 12.1 Å². The zero-order valence-electron chi connectivity index (χ0n) is 10.9. The smallest absolute Gasteiger partial charge is 0.246 e. The lowest BCUT2D eigenvalue weighted by Crippen LogP contribution is -2.52. The summed E-state index contributed by atoms with van der Waals surface area (Å²) in [5.74, 6) is -0.680. The van der Waals surface area contributed by atoms with Crippen molar-refractivity contribution in [2.45, 2.75) is 24.8 Å². The predicted octanol–water partition coefficient (Wildman–Crippen LogP) is 1.54. The highest BCUT2D eigenvalue weighted by Gasteiger charge is 2.33. The summed E-state index contributed by atoms with van der Waals surface area (Å²) in [7, 11) is -3.75. The number of nitrogens with zero attached hydrogens (tertiary/aromatic N) is 1. The van der Waals surface area contributed by atoms with Gasteiger partial charge in [0.15, 0.2) is 0 Å². The second-order valence-corrected chi connectivity index (χ2v) is 6.38. The monoisotopic (exact) mass is 308 g/mol. The van der Waals surface area contributed by atoms with Gasteiger partial charge in [0.2, 0.25) is 10.0 Å². The highest BCUT2D eigenvalue weighted by Crippen LogP contribution is 2.24. The van der Waals surface area contributed by atoms with Crippen LogP contribution in [0.15, 0.2) is 23.1 Å². The molecule has 0 spiro atoms. The number of halogens is 2. The average molecular weight is 309 g/mol. The third kappa shape index (κ3) is 3.08. The Morgan fingerprint density at radius 1 is 1.42 bits per heavy atom. The molecule has 1 heterocycles. The second kappa shape index (κ2) is 6.17. The van der Waals surface area contributed by atoms with Crippen LogP contribution in [0.1, 0.15) is 12.5 Å². The summed E-state index contributed by atoms with van der Waals surface area (Å²) < 4.78 is 40.2. The molecule has 1 fully saturated rings. The fourth-order valence-corrected chi connectivity index (χ4v) is 4.14. The van der Waals surface area contributed by atoms with Crippen LogP contribution < -0.4 is 5.32 Å². The van der Waals surface area contributed by atoms with Crippen molar-refractivity contribution in [3.8, 4) is 0 Å². The fraction of sp³-hybridized carbons (Fsp3) is 0.500. The number of sulfonamides is 1. The summed E-state index contributed by atoms with van der Waals surface area (Å²) in [4.78, 5) is -0.196. The van der Waals surface area contributed by atoms with Gasteiger partial charge in [0, 0.05) is 25.7 Å². The molecule has 0 unspecified atom stereocenters. The van der Waals surface area contributed by atoms with Crippen LogP contribution in [-0.4, -0.2) is 38.4 Å². The standard InChI is InChI=1S/C12H17FN2O2S.ClH/c1-9-4-3-5-11(13)12(9)18(16,17)15-7-6-14-8-10(15)2;/h3-5,10,14H,6-8H2,1-2H3;1H/t10-;/m0./s1. The summed E-state index contributed by atoms with van der Waals surface area (Å²) in [5.41, 5.74) is 0.445. The molecule has 1 aliphatic heterocycles. The third-order valence-electron chi connectivity index (χ3n) is 3.17. The van der Waals surface area contributed by atoms with Crippen molar-refractivity contribution >= 4 is 22.4 Å². The van der Waals surface area contributed by atoms with Gasteiger partial charge in [-0.3, -0.25) is 0 Å². The molecule has 4 nitrogen and oxygen atoms in total. The number of benzene rings is 1. The van der Waals surface area contributed by atoms with Crippen LogP contribution in [0.5, 0.6) is 0 Å². The molecule has 0 bridgehead atoms. The molecule has 0 aromatic heterocycles. The molecule has 7 heteroatoms. The minimum atomic E-state index is -3.75. The van der Waals surface area contributed by atoms with E-state index in [-0.39, 0.29) is 23.3 Å². The van der Waals surface area contributed by atoms with Gasteiger partial charge in [-0.25, -0.2) is 12.8 Å². The first-order chi connectivity index (χ1) is 8.44. The van der Waals surface area contributed by atoms with Crippen LogP contribution in [0.3, 0.4) is 0 Å². The van der Waals surface area contributed by atoms with E-state index >= 15 is 0 Å². The topological polar surface area (TPSA) is 49.4 Å². The Bertz CT molecular complexity index is 530. The number of aryl methyl sites for hydroxylation is 1. The lowest BCUT2D eigenvalue weighted by Gasteiger charge is -2.33. The summed E-state index contributed by atoms with van der Waals surface area (Å²) in [6, 6.07) is 4.16. The number of hydrogen-bond acceptors (Lipinski definition) is 3. The van der Waals surface area contributed by atoms with Crippen molar-refractivity contribution < 1.29 is 12.8 Å². The molecule has 1 N–H and O–H groups in total. The minimum Gasteiger partial charge on any atom is -0.314 e. The van der Waals surface area contributed by atoms with Gasteiger partial charge in [-0.05, 0) is 25.5 Å². The van der Waals surface area contributed by atoms with Gasteiger partial charge < -0.3 is 5.32 Å². The van der Waals surface area contributed by atoms with Crippen molar-refractivity contribution in [3.63, 3.8) is 0 Å². The molecule has 0 aliphatic carbocycles. The highest BCUT2D eigenvalue weighted by atomic mass is 35.5. The Labute approximate surface area is 119 Å². The second-order valence-electron chi connectivity index (χ2n) is 4.55. The largest absolute Gasteiger partial charge is 0.314 e. The van der Waals surface area contributed by atoms with Crippen molar-refractivity contribution in [3.05, 3.63) is 29.6 Å². The van der Waals surface area contributed by atoms with Crippen molar-refractivity contribution in [1.29, 1.82) is 0 Å². The van der Waals surface area contributed by atoms with Crippen LogP contribution >= 0.6 is 12.4 Å². The SMILES string of the molecule is Cc1cccc(F)c1S(=O)(=O)N1CCNC[C@@H]1C.Cl. The number of nitrogens with one attached hydrogen (secondary N) is 1. The van der Waals surface area contributed by atoms with E-state index in [1.54, 1.807) is 13.0 Å². The normalized spacial score (nSPS) is 20.9. The summed E-state index contributed by atoms with van der Waals surface area (Å²) in [5, 5.41) is 3.12. The fourth-order valence-electron chi connectivity index (χ4n) is 2.24. The Balaban J connectivity index is 0.00000180. The summed E-state index contributed by atoms with van der Waals surface area (Å²) in [6.07, 6.45) is 0. The van der Waals surface area contributed by atoms with E-state index in [1.807, 2.05) is 6.92 Å². The first-order valence-electron chi connectivity index (χ1n) is 5.92. The summed E-state index contributed by atoms with van der Waals surface area (Å²) >= 11 is 0. The molecule has 2 rings (SSSR count). The third-order valence-corrected chi connectivity index (χ3v) is 5.36. The quantitative estimate of drug-likeness (QED) is 0.901. The van der Waals surface area contributed by atoms with Gasteiger partial charge in [-0.15, -0.1) is 12.4 Å². The van der Waals surface area contributed by atoms with Crippen molar-refractivity contribution in [2.24, 2.45) is 0 Å². The highest BCUT2D eigenvalue weighted by molar-refractivity contribution is 7.89. The first-order valence-corrected chi connectivity index (χ1v) is 7.36. The molecular weight excluding hydrogens is 291 g/mol. The van der Waals surface area contributed by atoms with E-state index in [4.69, 9.17) is 0 Å². The molecule has 0 saturated carbocycles. The number of piperazine rings is 1. The maximum absolute atomic E-state index is 13.8. The Morgan fingerprint density at radius 3 is 2.68 bits per heavy atom. The first kappa shape index (κ1) is 16.4. The molecule has 0 amide bonds. The van der Waals surface area contributed by atoms with Crippen LogP contribution in [0.25, 0.3) is 0 Å². The average Bonchev–Trinajstić information content (AvgIpc) is 2.28. The molecule has 1 aliphatic rings. The zero-order valence-corrected chi connectivity index (χ0v) is 12.5. The van der Waals surface area contributed by atoms with Crippen LogP contribution in [0.2, 0.25) is 0 Å². The molecule has 1 atom stereocenters. The van der Waals surface area contributed by atoms with Crippen LogP contribution in [0, 0.1) is 12.7 Å². The van der Waals surface area contributed by atoms with E-state index in [1.165, 1.54) is 16.4 Å². The molecule has 1 saturated heterocycles. The maximum atomic E-state index is 13.8. The molecule has 1 aromatic carbocycles. The van der Waals surface area contributed by atoms with Gasteiger partial charge in [0.25, 0.3) is 0 Å². The van der Waals surface area contributed by atoms with Crippen molar-refractivity contribution in [2.75, 3.05) is 19.6 Å². The van der Waals surface area contributed by atoms with Gasteiger partial charge >= 0.3 is 0 Å². The molecule has 19 heavy (non-hydrogen) atoms. The lowest BCUT2D eigenvalue weighted by molar-refractivity contribution is 0.282. The Hall–Kier alpha value is -0.690. The minimum absolute atomic E-state index is 0. The predicted molar refractivity (Wildman–Crippen MR) is 74.6 cm³/mol. The van der Waals surface area contributed by atoms with Gasteiger partial charge in [-0.2, -0.15) is 4.31 Å². The molecule has 0 radical (unpaired) electrons. The Morgan fingerprint density at radius 2 is 2.11 bits per heavy atom.